The number of aryl methyl sites for hydroxylation is 6. The van der Waals surface area contributed by atoms with E-state index >= 15 is 0 Å². The molecule has 0 amide bonds. The van der Waals surface area contributed by atoms with Crippen LogP contribution in [0.4, 0.5) is 34.1 Å². The lowest BCUT2D eigenvalue weighted by molar-refractivity contribution is 0.795. The summed E-state index contributed by atoms with van der Waals surface area (Å²) in [4.78, 5) is 5.15. The van der Waals surface area contributed by atoms with Crippen LogP contribution < -0.4 is 26.2 Å². The summed E-state index contributed by atoms with van der Waals surface area (Å²) >= 11 is 0. The van der Waals surface area contributed by atoms with Gasteiger partial charge in [-0.3, -0.25) is 0 Å². The van der Waals surface area contributed by atoms with Gasteiger partial charge in [0.1, 0.15) is 0 Å². The molecule has 272 valence electrons. The second-order valence-electron chi connectivity index (χ2n) is 16.0. The standard InChI is InChI=1S/C51H55BN2/c1-7-10-14-38-20-24-42(25-21-38)53-47-27-22-39(15-11-8-2)33-44(47)52-45-34-40(16-12-9-3)23-28-48(45)54(50-18-13-17-49(53)51(50)52)46-26-19-35(4)32-43(46)41-30-36(5)29-37(6)31-41/h13,17-34H,7-12,14-16H2,1-6H3. The number of anilines is 6. The SMILES string of the molecule is CCCCc1ccc(N2c3ccc(CCCC)cc3B3c4cc(CCCC)ccc4N(c4ccc(C)cc4-c4cc(C)cc(C)c4)c4cccc2c43)cc1. The molecule has 0 bridgehead atoms. The highest BCUT2D eigenvalue weighted by Gasteiger charge is 2.43. The van der Waals surface area contributed by atoms with E-state index in [2.05, 4.69) is 167 Å². The smallest absolute Gasteiger partial charge is 0.252 e. The van der Waals surface area contributed by atoms with Crippen molar-refractivity contribution in [3.63, 3.8) is 0 Å². The summed E-state index contributed by atoms with van der Waals surface area (Å²) in [5, 5.41) is 0. The lowest BCUT2D eigenvalue weighted by Crippen LogP contribution is -2.61. The van der Waals surface area contributed by atoms with Crippen LogP contribution in [0.25, 0.3) is 11.1 Å². The maximum atomic E-state index is 2.60. The van der Waals surface area contributed by atoms with Crippen LogP contribution in [0.15, 0.2) is 115 Å². The van der Waals surface area contributed by atoms with Gasteiger partial charge in [-0.05, 0) is 146 Å². The van der Waals surface area contributed by atoms with Crippen LogP contribution in [-0.2, 0) is 19.3 Å². The van der Waals surface area contributed by atoms with Gasteiger partial charge in [0.05, 0.1) is 5.69 Å². The van der Waals surface area contributed by atoms with Crippen molar-refractivity contribution in [2.24, 2.45) is 0 Å². The first kappa shape index (κ1) is 36.0. The second kappa shape index (κ2) is 15.4. The monoisotopic (exact) mass is 706 g/mol. The molecule has 2 aliphatic heterocycles. The third kappa shape index (κ3) is 6.68. The Bertz CT molecular complexity index is 2280. The Morgan fingerprint density at radius 2 is 0.963 bits per heavy atom. The highest BCUT2D eigenvalue weighted by atomic mass is 15.2. The minimum absolute atomic E-state index is 0.135. The van der Waals surface area contributed by atoms with Gasteiger partial charge in [0.15, 0.2) is 0 Å². The summed E-state index contributed by atoms with van der Waals surface area (Å²) in [7, 11) is 0. The van der Waals surface area contributed by atoms with Gasteiger partial charge in [-0.25, -0.2) is 0 Å². The van der Waals surface area contributed by atoms with E-state index in [-0.39, 0.29) is 6.71 Å². The third-order valence-electron chi connectivity index (χ3n) is 11.7. The number of rotatable bonds is 12. The molecular weight excluding hydrogens is 651 g/mol. The zero-order valence-corrected chi connectivity index (χ0v) is 33.3. The van der Waals surface area contributed by atoms with Crippen LogP contribution in [0.5, 0.6) is 0 Å². The van der Waals surface area contributed by atoms with Crippen LogP contribution in [0, 0.1) is 20.8 Å². The summed E-state index contributed by atoms with van der Waals surface area (Å²) in [6.45, 7) is 13.7. The van der Waals surface area contributed by atoms with Gasteiger partial charge >= 0.3 is 0 Å². The van der Waals surface area contributed by atoms with Gasteiger partial charge in [0.25, 0.3) is 6.71 Å². The summed E-state index contributed by atoms with van der Waals surface area (Å²) in [5.41, 5.74) is 22.5. The number of hydrogen-bond donors (Lipinski definition) is 0. The predicted molar refractivity (Wildman–Crippen MR) is 236 cm³/mol. The molecule has 0 aliphatic carbocycles. The number of fused-ring (bicyclic) bond motifs is 4. The van der Waals surface area contributed by atoms with Crippen LogP contribution in [-0.4, -0.2) is 6.71 Å². The Labute approximate surface area is 325 Å². The molecule has 2 nitrogen and oxygen atoms in total. The van der Waals surface area contributed by atoms with Crippen molar-refractivity contribution in [2.45, 2.75) is 99.3 Å². The fraction of sp³-hybridized carbons (Fsp3) is 0.294. The molecule has 0 N–H and O–H groups in total. The van der Waals surface area contributed by atoms with Crippen molar-refractivity contribution < 1.29 is 0 Å². The molecule has 3 heteroatoms. The van der Waals surface area contributed by atoms with E-state index < -0.39 is 0 Å². The van der Waals surface area contributed by atoms with Crippen LogP contribution >= 0.6 is 0 Å². The van der Waals surface area contributed by atoms with E-state index in [0.29, 0.717) is 0 Å². The summed E-state index contributed by atoms with van der Waals surface area (Å²) in [6, 6.07) is 45.3. The number of nitrogens with zero attached hydrogens (tertiary/aromatic N) is 2. The van der Waals surface area contributed by atoms with Gasteiger partial charge < -0.3 is 9.80 Å². The number of benzene rings is 6. The van der Waals surface area contributed by atoms with Crippen LogP contribution in [0.1, 0.15) is 92.7 Å². The van der Waals surface area contributed by atoms with Crippen molar-refractivity contribution in [1.29, 1.82) is 0 Å². The molecular formula is C51H55BN2. The first-order valence-electron chi connectivity index (χ1n) is 20.7. The average Bonchev–Trinajstić information content (AvgIpc) is 3.18. The van der Waals surface area contributed by atoms with E-state index in [1.165, 1.54) is 134 Å². The molecule has 54 heavy (non-hydrogen) atoms. The minimum atomic E-state index is 0.135. The van der Waals surface area contributed by atoms with E-state index in [4.69, 9.17) is 0 Å². The molecule has 0 aromatic heterocycles. The highest BCUT2D eigenvalue weighted by Crippen LogP contribution is 2.46. The topological polar surface area (TPSA) is 6.48 Å². The molecule has 8 rings (SSSR count). The van der Waals surface area contributed by atoms with Crippen LogP contribution in [0.3, 0.4) is 0 Å². The molecule has 0 radical (unpaired) electrons. The maximum absolute atomic E-state index is 2.60. The van der Waals surface area contributed by atoms with Crippen molar-refractivity contribution in [3.8, 4) is 11.1 Å². The van der Waals surface area contributed by atoms with Crippen molar-refractivity contribution in [1.82, 2.24) is 0 Å². The fourth-order valence-corrected chi connectivity index (χ4v) is 9.05. The fourth-order valence-electron chi connectivity index (χ4n) is 9.05. The second-order valence-corrected chi connectivity index (χ2v) is 16.0. The molecule has 0 saturated carbocycles. The van der Waals surface area contributed by atoms with E-state index in [1.54, 1.807) is 0 Å². The zero-order valence-electron chi connectivity index (χ0n) is 33.3. The minimum Gasteiger partial charge on any atom is -0.311 e. The van der Waals surface area contributed by atoms with Gasteiger partial charge in [-0.2, -0.15) is 0 Å². The lowest BCUT2D eigenvalue weighted by atomic mass is 9.33. The molecule has 6 aromatic carbocycles. The van der Waals surface area contributed by atoms with Gasteiger partial charge in [-0.15, -0.1) is 0 Å². The Kier molecular flexibility index (Phi) is 10.3. The number of hydrogen-bond acceptors (Lipinski definition) is 2. The average molecular weight is 707 g/mol. The zero-order chi connectivity index (χ0) is 37.3. The quantitative estimate of drug-likeness (QED) is 0.117. The van der Waals surface area contributed by atoms with Crippen LogP contribution in [0.2, 0.25) is 0 Å². The Morgan fingerprint density at radius 3 is 1.56 bits per heavy atom. The summed E-state index contributed by atoms with van der Waals surface area (Å²) in [5.74, 6) is 0. The normalized spacial score (nSPS) is 12.8. The molecule has 6 aromatic rings. The Hall–Kier alpha value is -5.02. The van der Waals surface area contributed by atoms with Gasteiger partial charge in [-0.1, -0.05) is 123 Å². The van der Waals surface area contributed by atoms with Crippen molar-refractivity contribution in [2.75, 3.05) is 9.80 Å². The molecule has 0 unspecified atom stereocenters. The molecule has 2 heterocycles. The molecule has 0 atom stereocenters. The first-order chi connectivity index (χ1) is 26.4. The van der Waals surface area contributed by atoms with E-state index in [9.17, 15) is 0 Å². The Balaban J connectivity index is 1.40. The molecule has 2 aliphatic rings. The Morgan fingerprint density at radius 1 is 0.444 bits per heavy atom. The molecule has 0 fully saturated rings. The van der Waals surface area contributed by atoms with Gasteiger partial charge in [0, 0.05) is 34.0 Å². The summed E-state index contributed by atoms with van der Waals surface area (Å²) in [6.07, 6.45) is 10.6. The predicted octanol–water partition coefficient (Wildman–Crippen LogP) is 12.4. The molecule has 0 saturated heterocycles. The highest BCUT2D eigenvalue weighted by molar-refractivity contribution is 7.00. The third-order valence-corrected chi connectivity index (χ3v) is 11.7. The van der Waals surface area contributed by atoms with Gasteiger partial charge in [0.2, 0.25) is 0 Å². The maximum Gasteiger partial charge on any atom is 0.252 e. The number of unbranched alkanes of at least 4 members (excludes halogenated alkanes) is 3. The van der Waals surface area contributed by atoms with E-state index in [0.717, 1.165) is 19.3 Å². The largest absolute Gasteiger partial charge is 0.311 e. The molecule has 0 spiro atoms. The summed E-state index contributed by atoms with van der Waals surface area (Å²) < 4.78 is 0. The first-order valence-corrected chi connectivity index (χ1v) is 20.7. The van der Waals surface area contributed by atoms with Crippen molar-refractivity contribution in [3.05, 3.63) is 149 Å². The van der Waals surface area contributed by atoms with E-state index in [1.807, 2.05) is 0 Å². The van der Waals surface area contributed by atoms with Crippen molar-refractivity contribution >= 4 is 57.2 Å². The lowest BCUT2D eigenvalue weighted by Gasteiger charge is -2.44.